The quantitative estimate of drug-likeness (QED) is 0.133. The maximum Gasteiger partial charge on any atom is 0.421 e. The van der Waals surface area contributed by atoms with Gasteiger partial charge in [-0.15, -0.1) is 0 Å². The molecule has 1 unspecified atom stereocenters. The first kappa shape index (κ1) is 37.3. The van der Waals surface area contributed by atoms with Gasteiger partial charge < -0.3 is 25.8 Å². The third kappa shape index (κ3) is 7.40. The maximum atomic E-state index is 13.0. The third-order valence-corrected chi connectivity index (χ3v) is 8.34. The Kier molecular flexibility index (Phi) is 9.79. The summed E-state index contributed by atoms with van der Waals surface area (Å²) in [4.78, 5) is 19.7. The van der Waals surface area contributed by atoms with E-state index in [1.54, 1.807) is 39.4 Å². The van der Waals surface area contributed by atoms with Crippen molar-refractivity contribution < 1.29 is 26.3 Å². The van der Waals surface area contributed by atoms with Crippen molar-refractivity contribution in [3.8, 4) is 6.07 Å². The molecule has 0 aromatic carbocycles. The minimum atomic E-state index is -4.55. The average Bonchev–Trinajstić information content (AvgIpc) is 3.87. The Morgan fingerprint density at radius 3 is 1.83 bits per heavy atom. The van der Waals surface area contributed by atoms with Gasteiger partial charge in [0, 0.05) is 51.6 Å². The number of nitrogens with zero attached hydrogens (tertiary/aromatic N) is 11. The zero-order valence-electron chi connectivity index (χ0n) is 29.1. The van der Waals surface area contributed by atoms with E-state index in [9.17, 15) is 26.3 Å². The van der Waals surface area contributed by atoms with Gasteiger partial charge >= 0.3 is 12.4 Å². The normalized spacial score (nSPS) is 15.7. The second-order valence-corrected chi connectivity index (χ2v) is 12.4. The monoisotopic (exact) mass is 731 g/mol. The smallest absolute Gasteiger partial charge is 0.372 e. The van der Waals surface area contributed by atoms with E-state index < -0.39 is 34.6 Å². The largest absolute Gasteiger partial charge is 0.421 e. The number of nitriles is 1. The Hall–Kier alpha value is -5.94. The van der Waals surface area contributed by atoms with Gasteiger partial charge in [0.15, 0.2) is 0 Å². The Morgan fingerprint density at radius 2 is 1.33 bits per heavy atom. The minimum Gasteiger partial charge on any atom is -0.372 e. The summed E-state index contributed by atoms with van der Waals surface area (Å²) in [7, 11) is 2.73. The summed E-state index contributed by atoms with van der Waals surface area (Å²) in [5.41, 5.74) is -0.763. The molecule has 276 valence electrons. The number of imidazole rings is 1. The Morgan fingerprint density at radius 1 is 0.808 bits per heavy atom. The first-order valence-electron chi connectivity index (χ1n) is 15.6. The molecule has 1 aliphatic heterocycles. The molecule has 0 bridgehead atoms. The fraction of sp³-hybridized carbons (Fsp3) is 0.419. The standard InChI is InChI=1S/C17H19F3N8.C14H16F3N7/c1-10-12(24-15-23-8-11(17(18,19)20)13(21-3)25-15)9-28(26-10)16(2)4-6-27-7-5-22-14(16)27;1-8-10(6-24(23-8)13(2,3)7-18)21-12-20-5-9(14(15,16)17)11(19-4)22-12/h5,7-9H,4,6H2,1-3H3,(H2,21,23,24,25);5-6H,1-4H3,(H2,19,20,21,22). The lowest BCUT2D eigenvalue weighted by Gasteiger charge is -2.23. The van der Waals surface area contributed by atoms with Gasteiger partial charge in [-0.25, -0.2) is 15.0 Å². The molecule has 0 saturated carbocycles. The molecule has 6 rings (SSSR count). The lowest BCUT2D eigenvalue weighted by atomic mass is 10.0. The molecular formula is C31H35F6N15. The highest BCUT2D eigenvalue weighted by Crippen LogP contribution is 2.37. The fourth-order valence-corrected chi connectivity index (χ4v) is 5.30. The van der Waals surface area contributed by atoms with Crippen molar-refractivity contribution in [2.45, 2.75) is 71.0 Å². The van der Waals surface area contributed by atoms with Crippen molar-refractivity contribution in [3.63, 3.8) is 0 Å². The molecule has 15 nitrogen and oxygen atoms in total. The number of nitrogens with one attached hydrogen (secondary N) is 4. The summed E-state index contributed by atoms with van der Waals surface area (Å²) >= 11 is 0. The summed E-state index contributed by atoms with van der Waals surface area (Å²) in [5.74, 6) is 0.342. The van der Waals surface area contributed by atoms with Crippen LogP contribution in [0.2, 0.25) is 0 Å². The zero-order chi connectivity index (χ0) is 38.2. The molecule has 1 aliphatic rings. The van der Waals surface area contributed by atoms with E-state index in [4.69, 9.17) is 5.26 Å². The number of rotatable bonds is 8. The van der Waals surface area contributed by atoms with Gasteiger partial charge in [-0.05, 0) is 41.0 Å². The van der Waals surface area contributed by atoms with E-state index in [1.807, 2.05) is 17.8 Å². The summed E-state index contributed by atoms with van der Waals surface area (Å²) in [6.07, 6.45) is 0.320. The summed E-state index contributed by atoms with van der Waals surface area (Å²) in [6, 6.07) is 2.11. The Bertz CT molecular complexity index is 2100. The molecule has 6 heterocycles. The number of aryl methyl sites for hydroxylation is 3. The molecule has 0 aliphatic carbocycles. The SMILES string of the molecule is CNc1nc(Nc2cn(C(C)(C)C#N)nc2C)ncc1C(F)(F)F.CNc1nc(Nc2cn(C3(C)CCn4ccnc43)nc2C)ncc1C(F)(F)F. The number of hydrogen-bond acceptors (Lipinski definition) is 12. The summed E-state index contributed by atoms with van der Waals surface area (Å²) < 4.78 is 83.0. The van der Waals surface area contributed by atoms with E-state index in [-0.39, 0.29) is 23.5 Å². The molecule has 0 spiro atoms. The van der Waals surface area contributed by atoms with Crippen molar-refractivity contribution in [3.05, 3.63) is 65.5 Å². The van der Waals surface area contributed by atoms with Gasteiger partial charge in [0.1, 0.15) is 39.7 Å². The molecular weight excluding hydrogens is 696 g/mol. The van der Waals surface area contributed by atoms with Crippen molar-refractivity contribution in [1.29, 1.82) is 5.26 Å². The number of anilines is 6. The van der Waals surface area contributed by atoms with Crippen LogP contribution in [0, 0.1) is 25.2 Å². The van der Waals surface area contributed by atoms with Gasteiger partial charge in [-0.3, -0.25) is 9.36 Å². The van der Waals surface area contributed by atoms with Crippen LogP contribution in [0.3, 0.4) is 0 Å². The highest BCUT2D eigenvalue weighted by atomic mass is 19.4. The summed E-state index contributed by atoms with van der Waals surface area (Å²) in [6.45, 7) is 9.81. The van der Waals surface area contributed by atoms with Crippen LogP contribution in [0.1, 0.15) is 55.5 Å². The second kappa shape index (κ2) is 13.6. The second-order valence-electron chi connectivity index (χ2n) is 12.4. The molecule has 1 atom stereocenters. The fourth-order valence-electron chi connectivity index (χ4n) is 5.30. The number of halogens is 6. The van der Waals surface area contributed by atoms with Crippen LogP contribution in [0.15, 0.2) is 37.2 Å². The van der Waals surface area contributed by atoms with Crippen LogP contribution in [-0.4, -0.2) is 63.1 Å². The minimum absolute atomic E-state index is 0.00948. The molecule has 0 saturated heterocycles. The van der Waals surface area contributed by atoms with Crippen molar-refractivity contribution >= 4 is 34.9 Å². The van der Waals surface area contributed by atoms with E-state index in [2.05, 4.69) is 73.9 Å². The molecule has 52 heavy (non-hydrogen) atoms. The predicted molar refractivity (Wildman–Crippen MR) is 178 cm³/mol. The first-order valence-corrected chi connectivity index (χ1v) is 15.6. The average molecular weight is 732 g/mol. The lowest BCUT2D eigenvalue weighted by molar-refractivity contribution is -0.138. The van der Waals surface area contributed by atoms with Gasteiger partial charge in [-0.2, -0.15) is 51.8 Å². The van der Waals surface area contributed by atoms with Gasteiger partial charge in [-0.1, -0.05) is 0 Å². The van der Waals surface area contributed by atoms with Crippen LogP contribution >= 0.6 is 0 Å². The lowest BCUT2D eigenvalue weighted by Crippen LogP contribution is -2.30. The summed E-state index contributed by atoms with van der Waals surface area (Å²) in [5, 5.41) is 28.6. The van der Waals surface area contributed by atoms with E-state index in [0.717, 1.165) is 25.0 Å². The van der Waals surface area contributed by atoms with Crippen LogP contribution < -0.4 is 21.3 Å². The van der Waals surface area contributed by atoms with Crippen molar-refractivity contribution in [2.24, 2.45) is 0 Å². The number of fused-ring (bicyclic) bond motifs is 1. The number of alkyl halides is 6. The van der Waals surface area contributed by atoms with Gasteiger partial charge in [0.2, 0.25) is 11.9 Å². The third-order valence-electron chi connectivity index (χ3n) is 8.34. The topological polar surface area (TPSA) is 177 Å². The van der Waals surface area contributed by atoms with Crippen LogP contribution in [-0.2, 0) is 30.0 Å². The van der Waals surface area contributed by atoms with Crippen LogP contribution in [0.4, 0.5) is 61.2 Å². The van der Waals surface area contributed by atoms with Crippen molar-refractivity contribution in [1.82, 2.24) is 49.0 Å². The highest BCUT2D eigenvalue weighted by Gasteiger charge is 2.40. The molecule has 0 fully saturated rings. The van der Waals surface area contributed by atoms with E-state index >= 15 is 0 Å². The Balaban J connectivity index is 0.000000204. The highest BCUT2D eigenvalue weighted by molar-refractivity contribution is 5.59. The Labute approximate surface area is 293 Å². The molecule has 21 heteroatoms. The first-order chi connectivity index (χ1) is 24.3. The molecule has 5 aromatic rings. The van der Waals surface area contributed by atoms with Gasteiger partial charge in [0.05, 0.1) is 35.0 Å². The molecule has 4 N–H and O–H groups in total. The molecule has 5 aromatic heterocycles. The molecule has 0 radical (unpaired) electrons. The van der Waals surface area contributed by atoms with E-state index in [1.165, 1.54) is 18.8 Å². The van der Waals surface area contributed by atoms with E-state index in [0.29, 0.717) is 29.0 Å². The zero-order valence-corrected chi connectivity index (χ0v) is 29.1. The molecule has 0 amide bonds. The number of aromatic nitrogens is 10. The van der Waals surface area contributed by atoms with Crippen LogP contribution in [0.5, 0.6) is 0 Å². The number of hydrogen-bond donors (Lipinski definition) is 4. The predicted octanol–water partition coefficient (Wildman–Crippen LogP) is 6.19. The van der Waals surface area contributed by atoms with Crippen molar-refractivity contribution in [2.75, 3.05) is 35.4 Å². The van der Waals surface area contributed by atoms with Gasteiger partial charge in [0.25, 0.3) is 0 Å². The maximum absolute atomic E-state index is 13.0. The van der Waals surface area contributed by atoms with Crippen LogP contribution in [0.25, 0.3) is 0 Å².